The summed E-state index contributed by atoms with van der Waals surface area (Å²) in [5.41, 5.74) is 3.06. The molecule has 0 aliphatic heterocycles. The van der Waals surface area contributed by atoms with Crippen molar-refractivity contribution < 1.29 is 14.3 Å². The summed E-state index contributed by atoms with van der Waals surface area (Å²) in [6.07, 6.45) is 0.269. The number of thiazole rings is 1. The van der Waals surface area contributed by atoms with Gasteiger partial charge in [-0.2, -0.15) is 0 Å². The Labute approximate surface area is 163 Å². The molecule has 1 N–H and O–H groups in total. The Balaban J connectivity index is 1.43. The Morgan fingerprint density at radius 2 is 1.93 bits per heavy atom. The summed E-state index contributed by atoms with van der Waals surface area (Å²) in [5, 5.41) is 5.73. The van der Waals surface area contributed by atoms with Crippen molar-refractivity contribution in [1.82, 2.24) is 10.3 Å². The number of nitrogens with one attached hydrogen (secondary N) is 1. The number of methoxy groups -OCH3 is 1. The Morgan fingerprint density at radius 3 is 2.67 bits per heavy atom. The molecule has 0 spiro atoms. The molecule has 1 heterocycles. The molecule has 3 rings (SSSR count). The predicted octanol–water partition coefficient (Wildman–Crippen LogP) is 3.86. The van der Waals surface area contributed by atoms with Crippen LogP contribution >= 0.6 is 11.3 Å². The molecule has 27 heavy (non-hydrogen) atoms. The van der Waals surface area contributed by atoms with E-state index in [-0.39, 0.29) is 12.3 Å². The number of carbonyl (C=O) groups is 1. The lowest BCUT2D eigenvalue weighted by Crippen LogP contribution is -2.29. The summed E-state index contributed by atoms with van der Waals surface area (Å²) in [7, 11) is 1.62. The maximum atomic E-state index is 12.1. The summed E-state index contributed by atoms with van der Waals surface area (Å²) in [4.78, 5) is 16.7. The number of nitrogens with zero attached hydrogens (tertiary/aromatic N) is 1. The molecule has 0 atom stereocenters. The number of carbonyl (C=O) groups excluding carboxylic acids is 1. The van der Waals surface area contributed by atoms with E-state index in [2.05, 4.69) is 29.4 Å². The van der Waals surface area contributed by atoms with Crippen LogP contribution in [0.2, 0.25) is 0 Å². The zero-order chi connectivity index (χ0) is 19.1. The number of hydrogen-bond acceptors (Lipinski definition) is 5. The molecule has 0 aliphatic rings. The van der Waals surface area contributed by atoms with E-state index >= 15 is 0 Å². The van der Waals surface area contributed by atoms with E-state index < -0.39 is 0 Å². The molecule has 0 fully saturated rings. The minimum Gasteiger partial charge on any atom is -0.497 e. The van der Waals surface area contributed by atoms with Crippen molar-refractivity contribution in [2.75, 3.05) is 20.3 Å². The van der Waals surface area contributed by atoms with Gasteiger partial charge in [0.05, 0.1) is 25.8 Å². The molecular weight excluding hydrogens is 360 g/mol. The van der Waals surface area contributed by atoms with Crippen LogP contribution in [0.15, 0.2) is 53.9 Å². The minimum absolute atomic E-state index is 0.0607. The molecule has 3 aromatic rings. The summed E-state index contributed by atoms with van der Waals surface area (Å²) >= 11 is 1.56. The highest BCUT2D eigenvalue weighted by molar-refractivity contribution is 7.13. The molecule has 2 aromatic carbocycles. The number of rotatable bonds is 8. The first-order chi connectivity index (χ1) is 13.1. The van der Waals surface area contributed by atoms with Crippen molar-refractivity contribution in [2.45, 2.75) is 13.3 Å². The first kappa shape index (κ1) is 18.9. The topological polar surface area (TPSA) is 60.5 Å². The Bertz CT molecular complexity index is 890. The van der Waals surface area contributed by atoms with Crippen molar-refractivity contribution in [2.24, 2.45) is 0 Å². The summed E-state index contributed by atoms with van der Waals surface area (Å²) < 4.78 is 10.7. The molecular formula is C21H22N2O3S. The van der Waals surface area contributed by atoms with Crippen LogP contribution in [-0.4, -0.2) is 31.2 Å². The highest BCUT2D eigenvalue weighted by Crippen LogP contribution is 2.24. The summed E-state index contributed by atoms with van der Waals surface area (Å²) in [6, 6.07) is 15.5. The van der Waals surface area contributed by atoms with Crippen LogP contribution in [-0.2, 0) is 11.2 Å². The van der Waals surface area contributed by atoms with Gasteiger partial charge in [0.1, 0.15) is 23.1 Å². The third-order valence-corrected chi connectivity index (χ3v) is 4.85. The average molecular weight is 382 g/mol. The third-order valence-electron chi connectivity index (χ3n) is 3.91. The maximum Gasteiger partial charge on any atom is 0.226 e. The molecule has 1 amide bonds. The van der Waals surface area contributed by atoms with Gasteiger partial charge in [0.15, 0.2) is 0 Å². The largest absolute Gasteiger partial charge is 0.497 e. The van der Waals surface area contributed by atoms with Gasteiger partial charge < -0.3 is 14.8 Å². The number of aryl methyl sites for hydroxylation is 1. The van der Waals surface area contributed by atoms with Crippen LogP contribution in [0.5, 0.6) is 11.5 Å². The van der Waals surface area contributed by atoms with E-state index in [1.807, 2.05) is 41.8 Å². The highest BCUT2D eigenvalue weighted by Gasteiger charge is 2.09. The quantitative estimate of drug-likeness (QED) is 0.601. The first-order valence-electron chi connectivity index (χ1n) is 8.69. The van der Waals surface area contributed by atoms with E-state index in [0.717, 1.165) is 27.8 Å². The van der Waals surface area contributed by atoms with Crippen LogP contribution in [0.4, 0.5) is 0 Å². The standard InChI is InChI=1S/C21H22N2O3S/c1-15-4-3-5-16(12-15)21-23-17(14-27-21)13-20(24)22-10-11-26-19-8-6-18(25-2)7-9-19/h3-9,12,14H,10-11,13H2,1-2H3,(H,22,24). The number of ether oxygens (including phenoxy) is 2. The van der Waals surface area contributed by atoms with Crippen molar-refractivity contribution >= 4 is 17.2 Å². The lowest BCUT2D eigenvalue weighted by molar-refractivity contribution is -0.120. The van der Waals surface area contributed by atoms with Crippen LogP contribution in [0.1, 0.15) is 11.3 Å². The molecule has 1 aromatic heterocycles. The van der Waals surface area contributed by atoms with E-state index in [1.165, 1.54) is 5.56 Å². The molecule has 140 valence electrons. The zero-order valence-electron chi connectivity index (χ0n) is 15.4. The van der Waals surface area contributed by atoms with Gasteiger partial charge in [-0.3, -0.25) is 4.79 Å². The Hall–Kier alpha value is -2.86. The second kappa shape index (κ2) is 9.19. The number of aromatic nitrogens is 1. The van der Waals surface area contributed by atoms with Gasteiger partial charge in [-0.25, -0.2) is 4.98 Å². The Morgan fingerprint density at radius 1 is 1.15 bits per heavy atom. The second-order valence-corrected chi connectivity index (χ2v) is 6.92. The molecule has 0 saturated carbocycles. The van der Waals surface area contributed by atoms with Gasteiger partial charge >= 0.3 is 0 Å². The van der Waals surface area contributed by atoms with Crippen molar-refractivity contribution in [1.29, 1.82) is 0 Å². The maximum absolute atomic E-state index is 12.1. The minimum atomic E-state index is -0.0607. The van der Waals surface area contributed by atoms with E-state index in [1.54, 1.807) is 18.4 Å². The molecule has 0 saturated heterocycles. The van der Waals surface area contributed by atoms with Crippen molar-refractivity contribution in [3.63, 3.8) is 0 Å². The van der Waals surface area contributed by atoms with Crippen LogP contribution in [0.3, 0.4) is 0 Å². The van der Waals surface area contributed by atoms with E-state index in [4.69, 9.17) is 9.47 Å². The van der Waals surface area contributed by atoms with Crippen LogP contribution in [0.25, 0.3) is 10.6 Å². The molecule has 0 bridgehead atoms. The van der Waals surface area contributed by atoms with Crippen molar-refractivity contribution in [3.05, 3.63) is 65.2 Å². The zero-order valence-corrected chi connectivity index (χ0v) is 16.2. The fraction of sp³-hybridized carbons (Fsp3) is 0.238. The molecule has 0 aliphatic carbocycles. The van der Waals surface area contributed by atoms with Crippen LogP contribution < -0.4 is 14.8 Å². The highest BCUT2D eigenvalue weighted by atomic mass is 32.1. The SMILES string of the molecule is COc1ccc(OCCNC(=O)Cc2csc(-c3cccc(C)c3)n2)cc1. The smallest absolute Gasteiger partial charge is 0.226 e. The molecule has 0 unspecified atom stereocenters. The molecule has 0 radical (unpaired) electrons. The van der Waals surface area contributed by atoms with Gasteiger partial charge in [-0.1, -0.05) is 23.8 Å². The second-order valence-electron chi connectivity index (χ2n) is 6.06. The number of benzene rings is 2. The third kappa shape index (κ3) is 5.56. The van der Waals surface area contributed by atoms with Gasteiger partial charge in [-0.15, -0.1) is 11.3 Å². The average Bonchev–Trinajstić information content (AvgIpc) is 3.14. The fourth-order valence-corrected chi connectivity index (χ4v) is 3.37. The lowest BCUT2D eigenvalue weighted by Gasteiger charge is -2.08. The van der Waals surface area contributed by atoms with Crippen molar-refractivity contribution in [3.8, 4) is 22.1 Å². The number of hydrogen-bond donors (Lipinski definition) is 1. The lowest BCUT2D eigenvalue weighted by atomic mass is 10.1. The summed E-state index contributed by atoms with van der Waals surface area (Å²) in [5.74, 6) is 1.46. The van der Waals surface area contributed by atoms with Crippen LogP contribution in [0, 0.1) is 6.92 Å². The van der Waals surface area contributed by atoms with E-state index in [9.17, 15) is 4.79 Å². The van der Waals surface area contributed by atoms with Gasteiger partial charge in [0, 0.05) is 10.9 Å². The number of amides is 1. The molecule has 5 nitrogen and oxygen atoms in total. The van der Waals surface area contributed by atoms with Gasteiger partial charge in [0.25, 0.3) is 0 Å². The van der Waals surface area contributed by atoms with E-state index in [0.29, 0.717) is 13.2 Å². The molecule has 6 heteroatoms. The normalized spacial score (nSPS) is 10.4. The monoisotopic (exact) mass is 382 g/mol. The fourth-order valence-electron chi connectivity index (χ4n) is 2.56. The van der Waals surface area contributed by atoms with Gasteiger partial charge in [0.2, 0.25) is 5.91 Å². The first-order valence-corrected chi connectivity index (χ1v) is 9.57. The predicted molar refractivity (Wildman–Crippen MR) is 107 cm³/mol. The van der Waals surface area contributed by atoms with Gasteiger partial charge in [-0.05, 0) is 37.3 Å². The summed E-state index contributed by atoms with van der Waals surface area (Å²) in [6.45, 7) is 2.91. The Kier molecular flexibility index (Phi) is 6.44.